The van der Waals surface area contributed by atoms with Gasteiger partial charge in [-0.25, -0.2) is 8.78 Å². The topological polar surface area (TPSA) is 63.0 Å². The van der Waals surface area contributed by atoms with Crippen molar-refractivity contribution in [1.82, 2.24) is 9.72 Å². The number of nitrogens with one attached hydrogen (secondary N) is 1. The van der Waals surface area contributed by atoms with E-state index in [2.05, 4.69) is 5.32 Å². The Bertz CT molecular complexity index is 913. The summed E-state index contributed by atoms with van der Waals surface area (Å²) in [6, 6.07) is 3.50. The number of hydrogen-bond donors (Lipinski definition) is 2. The standard InChI is InChI=1S/C20H23F5N2O3/c1-30-10-4-13-11-14(16-15(20(23,24)25)3-2-9-27(13)16)17(28)26-12-18(29)5-7-19(21,22)8-6-18/h2-3,9,11,29H,4-8,10,12H2,1H3,(H,26,28). The molecule has 2 N–H and O–H groups in total. The van der Waals surface area contributed by atoms with Crippen LogP contribution in [0.4, 0.5) is 22.0 Å². The fourth-order valence-electron chi connectivity index (χ4n) is 3.73. The van der Waals surface area contributed by atoms with Crippen molar-refractivity contribution in [2.75, 3.05) is 20.3 Å². The summed E-state index contributed by atoms with van der Waals surface area (Å²) < 4.78 is 73.6. The van der Waals surface area contributed by atoms with Gasteiger partial charge in [-0.2, -0.15) is 13.2 Å². The van der Waals surface area contributed by atoms with Gasteiger partial charge in [0.15, 0.2) is 0 Å². The van der Waals surface area contributed by atoms with Crippen LogP contribution in [0.5, 0.6) is 0 Å². The fourth-order valence-corrected chi connectivity index (χ4v) is 3.73. The van der Waals surface area contributed by atoms with Crippen molar-refractivity contribution in [2.24, 2.45) is 0 Å². The number of carbonyl (C=O) groups is 1. The van der Waals surface area contributed by atoms with Crippen LogP contribution in [0.15, 0.2) is 24.4 Å². The number of aromatic nitrogens is 1. The Balaban J connectivity index is 1.89. The van der Waals surface area contributed by atoms with Gasteiger partial charge in [-0.3, -0.25) is 4.79 Å². The summed E-state index contributed by atoms with van der Waals surface area (Å²) in [7, 11) is 1.46. The van der Waals surface area contributed by atoms with Crippen LogP contribution in [0, 0.1) is 0 Å². The molecule has 2 aromatic rings. The lowest BCUT2D eigenvalue weighted by Crippen LogP contribution is -2.47. The molecule has 1 amide bonds. The SMILES string of the molecule is COCCc1cc(C(=O)NCC2(O)CCC(F)(F)CC2)c2c(C(F)(F)F)cccn12. The zero-order valence-corrected chi connectivity index (χ0v) is 16.4. The molecule has 1 aliphatic rings. The molecular weight excluding hydrogens is 411 g/mol. The third-order valence-corrected chi connectivity index (χ3v) is 5.47. The Morgan fingerprint density at radius 3 is 2.53 bits per heavy atom. The maximum atomic E-state index is 13.6. The molecule has 0 bridgehead atoms. The van der Waals surface area contributed by atoms with E-state index in [0.29, 0.717) is 5.69 Å². The lowest BCUT2D eigenvalue weighted by atomic mass is 9.82. The predicted octanol–water partition coefficient (Wildman–Crippen LogP) is 3.82. The molecule has 166 valence electrons. The van der Waals surface area contributed by atoms with Crippen molar-refractivity contribution in [3.63, 3.8) is 0 Å². The van der Waals surface area contributed by atoms with Crippen LogP contribution in [-0.2, 0) is 17.3 Å². The lowest BCUT2D eigenvalue weighted by Gasteiger charge is -2.35. The van der Waals surface area contributed by atoms with Crippen molar-refractivity contribution in [3.8, 4) is 0 Å². The number of hydrogen-bond acceptors (Lipinski definition) is 3. The first-order valence-electron chi connectivity index (χ1n) is 9.53. The number of pyridine rings is 1. The highest BCUT2D eigenvalue weighted by atomic mass is 19.4. The minimum absolute atomic E-state index is 0.196. The summed E-state index contributed by atoms with van der Waals surface area (Å²) in [5.41, 5.74) is -2.51. The zero-order chi connectivity index (χ0) is 22.2. The molecule has 5 nitrogen and oxygen atoms in total. The largest absolute Gasteiger partial charge is 0.418 e. The highest BCUT2D eigenvalue weighted by Crippen LogP contribution is 2.38. The summed E-state index contributed by atoms with van der Waals surface area (Å²) in [5.74, 6) is -3.66. The lowest BCUT2D eigenvalue weighted by molar-refractivity contribution is -0.136. The van der Waals surface area contributed by atoms with Crippen molar-refractivity contribution in [2.45, 2.75) is 49.8 Å². The molecule has 1 aliphatic carbocycles. The number of nitrogens with zero attached hydrogens (tertiary/aromatic N) is 1. The number of fused-ring (bicyclic) bond motifs is 1. The van der Waals surface area contributed by atoms with Crippen LogP contribution in [0.1, 0.15) is 47.3 Å². The van der Waals surface area contributed by atoms with Gasteiger partial charge in [0.2, 0.25) is 5.92 Å². The number of alkyl halides is 5. The first-order chi connectivity index (χ1) is 14.0. The molecular formula is C20H23F5N2O3. The van der Waals surface area contributed by atoms with Gasteiger partial charge in [0, 0.05) is 44.8 Å². The molecule has 0 spiro atoms. The van der Waals surface area contributed by atoms with Crippen molar-refractivity contribution in [3.05, 3.63) is 41.2 Å². The van der Waals surface area contributed by atoms with Crippen molar-refractivity contribution >= 4 is 11.4 Å². The molecule has 1 fully saturated rings. The maximum absolute atomic E-state index is 13.6. The van der Waals surface area contributed by atoms with Gasteiger partial charge in [0.1, 0.15) is 0 Å². The van der Waals surface area contributed by atoms with Crippen LogP contribution in [0.2, 0.25) is 0 Å². The average Bonchev–Trinajstić information content (AvgIpc) is 3.05. The summed E-state index contributed by atoms with van der Waals surface area (Å²) in [5, 5.41) is 12.9. The fraction of sp³-hybridized carbons (Fsp3) is 0.550. The summed E-state index contributed by atoms with van der Waals surface area (Å²) >= 11 is 0. The van der Waals surface area contributed by atoms with Gasteiger partial charge >= 0.3 is 6.18 Å². The van der Waals surface area contributed by atoms with Crippen LogP contribution in [0.3, 0.4) is 0 Å². The molecule has 2 aromatic heterocycles. The first kappa shape index (κ1) is 22.5. The molecule has 0 aromatic carbocycles. The summed E-state index contributed by atoms with van der Waals surface area (Å²) in [6.45, 7) is -0.0712. The van der Waals surface area contributed by atoms with E-state index in [-0.39, 0.29) is 43.5 Å². The summed E-state index contributed by atoms with van der Waals surface area (Å²) in [6.07, 6.45) is -4.38. The Hall–Kier alpha value is -2.20. The number of ether oxygens (including phenoxy) is 1. The van der Waals surface area contributed by atoms with E-state index >= 15 is 0 Å². The molecule has 10 heteroatoms. The van der Waals surface area contributed by atoms with Crippen LogP contribution in [0.25, 0.3) is 5.52 Å². The molecule has 0 atom stereocenters. The minimum Gasteiger partial charge on any atom is -0.388 e. The monoisotopic (exact) mass is 434 g/mol. The smallest absolute Gasteiger partial charge is 0.388 e. The molecule has 2 heterocycles. The Morgan fingerprint density at radius 2 is 1.93 bits per heavy atom. The second kappa shape index (κ2) is 8.14. The van der Waals surface area contributed by atoms with Gasteiger partial charge in [-0.05, 0) is 31.0 Å². The zero-order valence-electron chi connectivity index (χ0n) is 16.4. The quantitative estimate of drug-likeness (QED) is 0.680. The molecule has 0 unspecified atom stereocenters. The van der Waals surface area contributed by atoms with E-state index in [1.165, 1.54) is 29.8 Å². The van der Waals surface area contributed by atoms with E-state index in [0.717, 1.165) is 6.07 Å². The molecule has 3 rings (SSSR count). The highest BCUT2D eigenvalue weighted by Gasteiger charge is 2.42. The number of aliphatic hydroxyl groups is 1. The number of methoxy groups -OCH3 is 1. The van der Waals surface area contributed by atoms with Gasteiger partial charge in [0.25, 0.3) is 5.91 Å². The molecule has 0 radical (unpaired) electrons. The second-order valence-corrected chi connectivity index (χ2v) is 7.69. The van der Waals surface area contributed by atoms with Crippen molar-refractivity contribution < 1.29 is 36.6 Å². The molecule has 0 saturated heterocycles. The van der Waals surface area contributed by atoms with E-state index < -0.39 is 42.0 Å². The van der Waals surface area contributed by atoms with E-state index in [9.17, 15) is 31.9 Å². The molecule has 0 aliphatic heterocycles. The number of halogens is 5. The maximum Gasteiger partial charge on any atom is 0.418 e. The van der Waals surface area contributed by atoms with Crippen molar-refractivity contribution in [1.29, 1.82) is 0 Å². The first-order valence-corrected chi connectivity index (χ1v) is 9.53. The minimum atomic E-state index is -4.68. The Kier molecular flexibility index (Phi) is 6.10. The average molecular weight is 434 g/mol. The third-order valence-electron chi connectivity index (χ3n) is 5.47. The number of carbonyl (C=O) groups excluding carboxylic acids is 1. The van der Waals surface area contributed by atoms with Gasteiger partial charge in [0.05, 0.1) is 28.9 Å². The van der Waals surface area contributed by atoms with Gasteiger partial charge in [-0.15, -0.1) is 0 Å². The van der Waals surface area contributed by atoms with Gasteiger partial charge < -0.3 is 19.6 Å². The Labute approximate surface area is 169 Å². The predicted molar refractivity (Wildman–Crippen MR) is 98.7 cm³/mol. The Morgan fingerprint density at radius 1 is 1.27 bits per heavy atom. The van der Waals surface area contributed by atoms with Gasteiger partial charge in [-0.1, -0.05) is 0 Å². The van der Waals surface area contributed by atoms with Crippen LogP contribution < -0.4 is 5.32 Å². The summed E-state index contributed by atoms with van der Waals surface area (Å²) in [4.78, 5) is 12.8. The molecule has 1 saturated carbocycles. The number of rotatable bonds is 6. The normalized spacial score (nSPS) is 18.5. The van der Waals surface area contributed by atoms with Crippen LogP contribution in [-0.4, -0.2) is 47.2 Å². The van der Waals surface area contributed by atoms with E-state index in [1.807, 2.05) is 0 Å². The molecule has 30 heavy (non-hydrogen) atoms. The van der Waals surface area contributed by atoms with Crippen LogP contribution >= 0.6 is 0 Å². The third kappa shape index (κ3) is 4.75. The van der Waals surface area contributed by atoms with E-state index in [4.69, 9.17) is 4.74 Å². The number of amides is 1. The highest BCUT2D eigenvalue weighted by molar-refractivity contribution is 6.02. The van der Waals surface area contributed by atoms with E-state index in [1.54, 1.807) is 0 Å². The second-order valence-electron chi connectivity index (χ2n) is 7.69.